The first-order chi connectivity index (χ1) is 12.5. The van der Waals surface area contributed by atoms with E-state index in [2.05, 4.69) is 64.7 Å². The maximum Gasteiger partial charge on any atom is 0.267 e. The highest BCUT2D eigenvalue weighted by Crippen LogP contribution is 2.32. The predicted molar refractivity (Wildman–Crippen MR) is 116 cm³/mol. The Bertz CT molecular complexity index is 877. The van der Waals surface area contributed by atoms with Gasteiger partial charge in [-0.25, -0.2) is 9.97 Å². The highest BCUT2D eigenvalue weighted by atomic mass is 79.9. The van der Waals surface area contributed by atoms with Crippen molar-refractivity contribution in [2.75, 3.05) is 18.0 Å². The van der Waals surface area contributed by atoms with Crippen LogP contribution in [0.5, 0.6) is 0 Å². The highest BCUT2D eigenvalue weighted by molar-refractivity contribution is 9.18. The summed E-state index contributed by atoms with van der Waals surface area (Å²) in [5, 5.41) is 12.2. The lowest BCUT2D eigenvalue weighted by Gasteiger charge is -2.17. The molecule has 136 valence electrons. The van der Waals surface area contributed by atoms with Gasteiger partial charge < -0.3 is 10.2 Å². The second-order valence-electron chi connectivity index (χ2n) is 5.56. The third kappa shape index (κ3) is 4.36. The number of rotatable bonds is 5. The number of nitrogens with zero attached hydrogens (tertiary/aromatic N) is 3. The molecule has 2 aromatic heterocycles. The van der Waals surface area contributed by atoms with E-state index in [1.807, 2.05) is 6.07 Å². The third-order valence-corrected chi connectivity index (χ3v) is 6.13. The number of amides is 1. The van der Waals surface area contributed by atoms with Crippen molar-refractivity contribution in [3.63, 3.8) is 0 Å². The molecule has 1 amide bonds. The van der Waals surface area contributed by atoms with Crippen molar-refractivity contribution < 1.29 is 4.79 Å². The molecule has 0 aromatic carbocycles. The van der Waals surface area contributed by atoms with Crippen LogP contribution in [0.4, 0.5) is 5.82 Å². The zero-order valence-corrected chi connectivity index (χ0v) is 18.4. The Labute approximate surface area is 177 Å². The van der Waals surface area contributed by atoms with E-state index in [-0.39, 0.29) is 16.2 Å². The number of allylic oxidation sites excluding steroid dienone is 1. The minimum Gasteiger partial charge on any atom is -0.356 e. The second kappa shape index (κ2) is 8.64. The SMILES string of the molecule is N=C(Br)/C(=C\S)NC(=O)c1cnc(-c2cnc(N3CCCC3)c(Br)c2)s1. The fraction of sp³-hybridized carbons (Fsp3) is 0.250. The smallest absolute Gasteiger partial charge is 0.267 e. The lowest BCUT2D eigenvalue weighted by molar-refractivity contribution is 0.0972. The summed E-state index contributed by atoms with van der Waals surface area (Å²) in [5.41, 5.74) is 1.13. The van der Waals surface area contributed by atoms with Crippen LogP contribution in [-0.2, 0) is 0 Å². The molecule has 10 heteroatoms. The molecule has 1 aliphatic rings. The zero-order valence-electron chi connectivity index (χ0n) is 13.5. The number of hydrogen-bond acceptors (Lipinski definition) is 7. The number of carbonyl (C=O) groups excluding carboxylic acids is 1. The molecule has 0 atom stereocenters. The monoisotopic (exact) mass is 515 g/mol. The zero-order chi connectivity index (χ0) is 18.7. The molecule has 0 saturated carbocycles. The van der Waals surface area contributed by atoms with E-state index >= 15 is 0 Å². The first-order valence-corrected chi connectivity index (χ1v) is 10.7. The van der Waals surface area contributed by atoms with Crippen molar-refractivity contribution in [1.82, 2.24) is 15.3 Å². The number of aromatic nitrogens is 2. The number of thiol groups is 1. The van der Waals surface area contributed by atoms with E-state index in [1.54, 1.807) is 6.20 Å². The van der Waals surface area contributed by atoms with Gasteiger partial charge in [0.1, 0.15) is 20.3 Å². The molecule has 0 spiro atoms. The Morgan fingerprint density at radius 3 is 2.69 bits per heavy atom. The molecule has 2 N–H and O–H groups in total. The topological polar surface area (TPSA) is 82.0 Å². The number of halogens is 2. The van der Waals surface area contributed by atoms with Crippen molar-refractivity contribution in [1.29, 1.82) is 5.41 Å². The predicted octanol–water partition coefficient (Wildman–Crippen LogP) is 4.44. The van der Waals surface area contributed by atoms with Crippen molar-refractivity contribution >= 4 is 72.2 Å². The lowest BCUT2D eigenvalue weighted by atomic mass is 10.3. The molecule has 2 aromatic rings. The van der Waals surface area contributed by atoms with Crippen LogP contribution in [0.2, 0.25) is 0 Å². The maximum atomic E-state index is 12.3. The molecule has 1 saturated heterocycles. The van der Waals surface area contributed by atoms with Crippen molar-refractivity contribution in [2.24, 2.45) is 0 Å². The quantitative estimate of drug-likeness (QED) is 0.405. The van der Waals surface area contributed by atoms with E-state index in [9.17, 15) is 4.79 Å². The van der Waals surface area contributed by atoms with E-state index in [0.29, 0.717) is 9.88 Å². The molecule has 26 heavy (non-hydrogen) atoms. The van der Waals surface area contributed by atoms with Gasteiger partial charge in [0.25, 0.3) is 5.91 Å². The van der Waals surface area contributed by atoms with Crippen LogP contribution in [0.1, 0.15) is 22.5 Å². The number of hydrogen-bond donors (Lipinski definition) is 3. The minimum absolute atomic E-state index is 0.0521. The highest BCUT2D eigenvalue weighted by Gasteiger charge is 2.18. The van der Waals surface area contributed by atoms with Gasteiger partial charge in [0, 0.05) is 24.8 Å². The number of carbonyl (C=O) groups is 1. The normalized spacial score (nSPS) is 14.6. The Kier molecular flexibility index (Phi) is 6.49. The van der Waals surface area contributed by atoms with E-state index < -0.39 is 0 Å². The van der Waals surface area contributed by atoms with Crippen LogP contribution in [0.25, 0.3) is 10.6 Å². The Hall–Kier alpha value is -1.23. The summed E-state index contributed by atoms with van der Waals surface area (Å²) in [5.74, 6) is 0.610. The van der Waals surface area contributed by atoms with Crippen molar-refractivity contribution in [3.8, 4) is 10.6 Å². The van der Waals surface area contributed by atoms with Gasteiger partial charge in [-0.15, -0.1) is 24.0 Å². The lowest BCUT2D eigenvalue weighted by Crippen LogP contribution is -2.24. The third-order valence-electron chi connectivity index (χ3n) is 3.82. The van der Waals surface area contributed by atoms with E-state index in [1.165, 1.54) is 35.8 Å². The molecule has 0 unspecified atom stereocenters. The summed E-state index contributed by atoms with van der Waals surface area (Å²) in [6, 6.07) is 1.98. The average Bonchev–Trinajstić information content (AvgIpc) is 3.30. The molecule has 1 fully saturated rings. The molecular weight excluding hydrogens is 502 g/mol. The Morgan fingerprint density at radius 2 is 2.08 bits per heavy atom. The standard InChI is InChI=1S/C16H15Br2N5OS2/c17-10-5-9(6-20-14(10)23-3-1-2-4-23)16-21-7-12(26-16)15(24)22-11(8-25)13(18)19/h5-8,19,25H,1-4H2,(H,22,24)/b11-8+,19-13?. The summed E-state index contributed by atoms with van der Waals surface area (Å²) in [6.07, 6.45) is 5.68. The number of anilines is 1. The first-order valence-electron chi connectivity index (χ1n) is 7.76. The fourth-order valence-corrected chi connectivity index (χ4v) is 4.53. The van der Waals surface area contributed by atoms with E-state index in [0.717, 1.165) is 28.9 Å². The van der Waals surface area contributed by atoms with Gasteiger partial charge in [-0.1, -0.05) is 0 Å². The molecule has 1 aliphatic heterocycles. The van der Waals surface area contributed by atoms with Gasteiger partial charge in [0.2, 0.25) is 0 Å². The summed E-state index contributed by atoms with van der Waals surface area (Å²) >= 11 is 11.9. The summed E-state index contributed by atoms with van der Waals surface area (Å²) in [6.45, 7) is 2.05. The maximum absolute atomic E-state index is 12.3. The molecule has 0 radical (unpaired) electrons. The number of nitrogens with one attached hydrogen (secondary N) is 2. The van der Waals surface area contributed by atoms with Crippen LogP contribution in [0, 0.1) is 5.41 Å². The summed E-state index contributed by atoms with van der Waals surface area (Å²) in [7, 11) is 0. The largest absolute Gasteiger partial charge is 0.356 e. The minimum atomic E-state index is -0.334. The van der Waals surface area contributed by atoms with E-state index in [4.69, 9.17) is 5.41 Å². The molecule has 0 bridgehead atoms. The summed E-state index contributed by atoms with van der Waals surface area (Å²) in [4.78, 5) is 23.9. The van der Waals surface area contributed by atoms with Gasteiger partial charge in [0.15, 0.2) is 0 Å². The molecule has 3 rings (SSSR count). The Balaban J connectivity index is 1.78. The van der Waals surface area contributed by atoms with Crippen LogP contribution < -0.4 is 10.2 Å². The van der Waals surface area contributed by atoms with Gasteiger partial charge in [-0.3, -0.25) is 10.2 Å². The molecule has 0 aliphatic carbocycles. The van der Waals surface area contributed by atoms with Gasteiger partial charge in [-0.2, -0.15) is 0 Å². The van der Waals surface area contributed by atoms with Crippen LogP contribution >= 0.6 is 55.8 Å². The fourth-order valence-electron chi connectivity index (χ4n) is 2.55. The van der Waals surface area contributed by atoms with Crippen molar-refractivity contribution in [3.05, 3.63) is 38.9 Å². The molecule has 6 nitrogen and oxygen atoms in total. The van der Waals surface area contributed by atoms with Crippen molar-refractivity contribution in [2.45, 2.75) is 12.8 Å². The van der Waals surface area contributed by atoms with Crippen LogP contribution in [-0.4, -0.2) is 33.6 Å². The summed E-state index contributed by atoms with van der Waals surface area (Å²) < 4.78 is 0.974. The average molecular weight is 517 g/mol. The van der Waals surface area contributed by atoms with Gasteiger partial charge >= 0.3 is 0 Å². The number of thiazole rings is 1. The molecule has 3 heterocycles. The van der Waals surface area contributed by atoms with Gasteiger partial charge in [-0.05, 0) is 56.2 Å². The molecular formula is C16H15Br2N5OS2. The second-order valence-corrected chi connectivity index (χ2v) is 8.50. The first kappa shape index (κ1) is 19.5. The van der Waals surface area contributed by atoms with Crippen LogP contribution in [0.15, 0.2) is 34.0 Å². The van der Waals surface area contributed by atoms with Crippen LogP contribution in [0.3, 0.4) is 0 Å². The number of pyridine rings is 1. The van der Waals surface area contributed by atoms with Gasteiger partial charge in [0.05, 0.1) is 16.4 Å². The Morgan fingerprint density at radius 1 is 1.35 bits per heavy atom.